The minimum atomic E-state index is -3.91. The van der Waals surface area contributed by atoms with Crippen molar-refractivity contribution in [1.29, 1.82) is 0 Å². The number of nitrogens with one attached hydrogen (secondary N) is 2. The molecule has 0 saturated carbocycles. The number of likely N-dealkylation sites (tertiary alicyclic amines) is 1. The molecule has 1 fully saturated rings. The Morgan fingerprint density at radius 2 is 1.74 bits per heavy atom. The van der Waals surface area contributed by atoms with Crippen molar-refractivity contribution in [3.8, 4) is 0 Å². The number of amides is 2. The van der Waals surface area contributed by atoms with Crippen molar-refractivity contribution >= 4 is 39.1 Å². The fraction of sp³-hybridized carbons (Fsp3) is 0.364. The Bertz CT molecular complexity index is 1100. The number of aryl methyl sites for hydroxylation is 2. The average Bonchev–Trinajstić information content (AvgIpc) is 3.25. The van der Waals surface area contributed by atoms with E-state index in [1.54, 1.807) is 17.0 Å². The Morgan fingerprint density at radius 1 is 1.03 bits per heavy atom. The van der Waals surface area contributed by atoms with Crippen molar-refractivity contribution in [3.63, 3.8) is 0 Å². The smallest absolute Gasteiger partial charge is 0.261 e. The van der Waals surface area contributed by atoms with Gasteiger partial charge in [-0.1, -0.05) is 17.7 Å². The number of rotatable bonds is 7. The SMILES string of the molecule is Cc1ccc(NS(=O)(=O)c2ccc(Cl)c(C(=O)NCCC(=O)N3CCCC3)c2)cc1C. The van der Waals surface area contributed by atoms with Crippen LogP contribution in [0.2, 0.25) is 5.02 Å². The van der Waals surface area contributed by atoms with Gasteiger partial charge in [0.15, 0.2) is 0 Å². The molecule has 0 aliphatic carbocycles. The van der Waals surface area contributed by atoms with Crippen LogP contribution in [0.5, 0.6) is 0 Å². The van der Waals surface area contributed by atoms with Crippen LogP contribution < -0.4 is 10.0 Å². The zero-order chi connectivity index (χ0) is 22.6. The highest BCUT2D eigenvalue weighted by molar-refractivity contribution is 7.92. The summed E-state index contributed by atoms with van der Waals surface area (Å²) in [5, 5.41) is 2.78. The summed E-state index contributed by atoms with van der Waals surface area (Å²) in [5.41, 5.74) is 2.49. The largest absolute Gasteiger partial charge is 0.351 e. The molecule has 166 valence electrons. The molecule has 2 aromatic rings. The van der Waals surface area contributed by atoms with Gasteiger partial charge in [0, 0.05) is 31.7 Å². The number of anilines is 1. The van der Waals surface area contributed by atoms with Gasteiger partial charge in [-0.2, -0.15) is 0 Å². The van der Waals surface area contributed by atoms with Crippen LogP contribution in [0.1, 0.15) is 40.7 Å². The molecule has 2 N–H and O–H groups in total. The van der Waals surface area contributed by atoms with Gasteiger partial charge in [0.1, 0.15) is 0 Å². The molecule has 0 spiro atoms. The van der Waals surface area contributed by atoms with E-state index >= 15 is 0 Å². The van der Waals surface area contributed by atoms with Crippen LogP contribution in [0.15, 0.2) is 41.3 Å². The lowest BCUT2D eigenvalue weighted by Gasteiger charge is -2.15. The maximum atomic E-state index is 12.8. The lowest BCUT2D eigenvalue weighted by molar-refractivity contribution is -0.129. The molecule has 1 heterocycles. The standard InChI is InChI=1S/C22H26ClN3O4S/c1-15-5-6-17(13-16(15)2)25-31(29,30)18-7-8-20(23)19(14-18)22(28)24-10-9-21(27)26-11-3-4-12-26/h5-8,13-14,25H,3-4,9-12H2,1-2H3,(H,24,28). The molecule has 1 aliphatic rings. The zero-order valence-corrected chi connectivity index (χ0v) is 19.1. The summed E-state index contributed by atoms with van der Waals surface area (Å²) in [4.78, 5) is 26.4. The molecule has 2 amide bonds. The van der Waals surface area contributed by atoms with E-state index in [4.69, 9.17) is 11.6 Å². The first-order valence-corrected chi connectivity index (χ1v) is 12.0. The summed E-state index contributed by atoms with van der Waals surface area (Å²) in [6.45, 7) is 5.50. The fourth-order valence-electron chi connectivity index (χ4n) is 3.37. The molecule has 0 unspecified atom stereocenters. The lowest BCUT2D eigenvalue weighted by atomic mass is 10.1. The number of carbonyl (C=O) groups excluding carboxylic acids is 2. The van der Waals surface area contributed by atoms with E-state index in [2.05, 4.69) is 10.0 Å². The predicted octanol–water partition coefficient (Wildman–Crippen LogP) is 3.50. The van der Waals surface area contributed by atoms with Gasteiger partial charge in [-0.3, -0.25) is 14.3 Å². The van der Waals surface area contributed by atoms with E-state index in [0.29, 0.717) is 5.69 Å². The Morgan fingerprint density at radius 3 is 2.42 bits per heavy atom. The first kappa shape index (κ1) is 23.1. The Balaban J connectivity index is 1.68. The van der Waals surface area contributed by atoms with Crippen LogP contribution in [-0.2, 0) is 14.8 Å². The Labute approximate surface area is 187 Å². The molecular formula is C22H26ClN3O4S. The number of benzene rings is 2. The summed E-state index contributed by atoms with van der Waals surface area (Å²) in [6.07, 6.45) is 2.20. The number of carbonyl (C=O) groups is 2. The maximum Gasteiger partial charge on any atom is 0.261 e. The molecule has 7 nitrogen and oxygen atoms in total. The van der Waals surface area contributed by atoms with E-state index in [1.807, 2.05) is 19.9 Å². The number of hydrogen-bond acceptors (Lipinski definition) is 4. The zero-order valence-electron chi connectivity index (χ0n) is 17.6. The van der Waals surface area contributed by atoms with Crippen molar-refractivity contribution < 1.29 is 18.0 Å². The van der Waals surface area contributed by atoms with Gasteiger partial charge in [0.05, 0.1) is 15.5 Å². The molecule has 0 atom stereocenters. The van der Waals surface area contributed by atoms with Crippen molar-refractivity contribution in [3.05, 3.63) is 58.1 Å². The second-order valence-electron chi connectivity index (χ2n) is 7.64. The van der Waals surface area contributed by atoms with Crippen molar-refractivity contribution in [2.75, 3.05) is 24.4 Å². The van der Waals surface area contributed by atoms with Crippen LogP contribution in [0, 0.1) is 13.8 Å². The number of sulfonamides is 1. The van der Waals surface area contributed by atoms with E-state index in [0.717, 1.165) is 37.1 Å². The molecular weight excluding hydrogens is 438 g/mol. The third-order valence-corrected chi connectivity index (χ3v) is 7.04. The van der Waals surface area contributed by atoms with Crippen LogP contribution >= 0.6 is 11.6 Å². The minimum Gasteiger partial charge on any atom is -0.351 e. The Hall–Kier alpha value is -2.58. The van der Waals surface area contributed by atoms with Gasteiger partial charge in [-0.15, -0.1) is 0 Å². The van der Waals surface area contributed by atoms with E-state index in [1.165, 1.54) is 18.2 Å². The third kappa shape index (κ3) is 5.77. The minimum absolute atomic E-state index is 0.00202. The van der Waals surface area contributed by atoms with E-state index in [9.17, 15) is 18.0 Å². The predicted molar refractivity (Wildman–Crippen MR) is 121 cm³/mol. The van der Waals surface area contributed by atoms with Gasteiger partial charge in [-0.25, -0.2) is 8.42 Å². The van der Waals surface area contributed by atoms with E-state index in [-0.39, 0.29) is 34.4 Å². The van der Waals surface area contributed by atoms with Crippen LogP contribution in [0.25, 0.3) is 0 Å². The average molecular weight is 464 g/mol. The van der Waals surface area contributed by atoms with Crippen LogP contribution in [0.4, 0.5) is 5.69 Å². The van der Waals surface area contributed by atoms with Gasteiger partial charge < -0.3 is 10.2 Å². The van der Waals surface area contributed by atoms with Crippen LogP contribution in [0.3, 0.4) is 0 Å². The molecule has 1 saturated heterocycles. The highest BCUT2D eigenvalue weighted by Gasteiger charge is 2.20. The van der Waals surface area contributed by atoms with Gasteiger partial charge in [-0.05, 0) is 68.1 Å². The number of halogens is 1. The summed E-state index contributed by atoms with van der Waals surface area (Å²) in [6, 6.07) is 9.22. The van der Waals surface area contributed by atoms with E-state index < -0.39 is 15.9 Å². The first-order chi connectivity index (χ1) is 14.7. The number of hydrogen-bond donors (Lipinski definition) is 2. The maximum absolute atomic E-state index is 12.8. The highest BCUT2D eigenvalue weighted by Crippen LogP contribution is 2.23. The Kier molecular flexibility index (Phi) is 7.23. The monoisotopic (exact) mass is 463 g/mol. The summed E-state index contributed by atoms with van der Waals surface area (Å²) in [5.74, 6) is -0.528. The molecule has 0 radical (unpaired) electrons. The van der Waals surface area contributed by atoms with Crippen molar-refractivity contribution in [2.45, 2.75) is 38.0 Å². The van der Waals surface area contributed by atoms with Gasteiger partial charge in [0.2, 0.25) is 5.91 Å². The first-order valence-electron chi connectivity index (χ1n) is 10.1. The van der Waals surface area contributed by atoms with Gasteiger partial charge in [0.25, 0.3) is 15.9 Å². The highest BCUT2D eigenvalue weighted by atomic mass is 35.5. The molecule has 0 bridgehead atoms. The number of nitrogens with zero attached hydrogens (tertiary/aromatic N) is 1. The molecule has 9 heteroatoms. The quantitative estimate of drug-likeness (QED) is 0.656. The molecule has 31 heavy (non-hydrogen) atoms. The normalized spacial score (nSPS) is 13.8. The van der Waals surface area contributed by atoms with Crippen molar-refractivity contribution in [2.24, 2.45) is 0 Å². The van der Waals surface area contributed by atoms with Crippen molar-refractivity contribution in [1.82, 2.24) is 10.2 Å². The summed E-state index contributed by atoms with van der Waals surface area (Å²) < 4.78 is 28.1. The summed E-state index contributed by atoms with van der Waals surface area (Å²) in [7, 11) is -3.91. The molecule has 2 aromatic carbocycles. The molecule has 3 rings (SSSR count). The second-order valence-corrected chi connectivity index (χ2v) is 9.73. The molecule has 1 aliphatic heterocycles. The second kappa shape index (κ2) is 9.70. The molecule has 0 aromatic heterocycles. The van der Waals surface area contributed by atoms with Crippen LogP contribution in [-0.4, -0.2) is 44.8 Å². The fourth-order valence-corrected chi connectivity index (χ4v) is 4.65. The summed E-state index contributed by atoms with van der Waals surface area (Å²) >= 11 is 6.13. The third-order valence-electron chi connectivity index (χ3n) is 5.34. The van der Waals surface area contributed by atoms with Gasteiger partial charge >= 0.3 is 0 Å². The lowest BCUT2D eigenvalue weighted by Crippen LogP contribution is -2.32. The topological polar surface area (TPSA) is 95.6 Å².